The summed E-state index contributed by atoms with van der Waals surface area (Å²) in [6.07, 6.45) is 2.71. The summed E-state index contributed by atoms with van der Waals surface area (Å²) in [5.41, 5.74) is 1.09. The number of hydrogen-bond donors (Lipinski definition) is 1. The van der Waals surface area contributed by atoms with E-state index in [1.807, 2.05) is 12.1 Å². The van der Waals surface area contributed by atoms with Gasteiger partial charge in [-0.25, -0.2) is 4.98 Å². The van der Waals surface area contributed by atoms with E-state index >= 15 is 0 Å². The molecular weight excluding hydrogens is 324 g/mol. The molecule has 2 amide bonds. The van der Waals surface area contributed by atoms with Crippen molar-refractivity contribution >= 4 is 33.4 Å². The number of thiophene rings is 1. The highest BCUT2D eigenvalue weighted by molar-refractivity contribution is 7.20. The Morgan fingerprint density at radius 2 is 2.25 bits per heavy atom. The largest absolute Gasteiger partial charge is 0.354 e. The number of aromatic nitrogens is 1. The fourth-order valence-electron chi connectivity index (χ4n) is 3.18. The first-order chi connectivity index (χ1) is 11.5. The third-order valence-corrected chi connectivity index (χ3v) is 5.60. The van der Waals surface area contributed by atoms with Gasteiger partial charge in [0.1, 0.15) is 4.83 Å². The molecule has 0 bridgehead atoms. The zero-order valence-corrected chi connectivity index (χ0v) is 15.0. The van der Waals surface area contributed by atoms with Gasteiger partial charge in [0.25, 0.3) is 5.91 Å². The van der Waals surface area contributed by atoms with Crippen LogP contribution in [0.1, 0.15) is 27.6 Å². The number of pyridine rings is 1. The predicted octanol–water partition coefficient (Wildman–Crippen LogP) is 1.53. The molecule has 128 valence electrons. The van der Waals surface area contributed by atoms with Gasteiger partial charge < -0.3 is 10.2 Å². The lowest BCUT2D eigenvalue weighted by Crippen LogP contribution is -2.35. The quantitative estimate of drug-likeness (QED) is 0.912. The maximum atomic E-state index is 12.3. The summed E-state index contributed by atoms with van der Waals surface area (Å²) >= 11 is 1.45. The predicted molar refractivity (Wildman–Crippen MR) is 95.5 cm³/mol. The summed E-state index contributed by atoms with van der Waals surface area (Å²) in [4.78, 5) is 34.1. The lowest BCUT2D eigenvalue weighted by atomic mass is 9.95. The summed E-state index contributed by atoms with van der Waals surface area (Å²) in [6.45, 7) is 2.10. The van der Waals surface area contributed by atoms with E-state index in [1.165, 1.54) is 11.3 Å². The molecule has 0 radical (unpaired) electrons. The molecule has 1 aliphatic rings. The number of amides is 2. The number of nitrogens with zero attached hydrogens (tertiary/aromatic N) is 3. The van der Waals surface area contributed by atoms with Gasteiger partial charge in [-0.05, 0) is 24.6 Å². The molecule has 0 aromatic carbocycles. The van der Waals surface area contributed by atoms with Crippen LogP contribution in [0.5, 0.6) is 0 Å². The Morgan fingerprint density at radius 1 is 1.46 bits per heavy atom. The van der Waals surface area contributed by atoms with E-state index in [4.69, 9.17) is 0 Å². The lowest BCUT2D eigenvalue weighted by molar-refractivity contribution is -0.129. The van der Waals surface area contributed by atoms with E-state index in [0.717, 1.165) is 40.2 Å². The molecule has 0 unspecified atom stereocenters. The normalized spacial score (nSPS) is 18.0. The Hall–Kier alpha value is -1.99. The maximum Gasteiger partial charge on any atom is 0.261 e. The van der Waals surface area contributed by atoms with Crippen LogP contribution in [-0.2, 0) is 4.79 Å². The molecule has 1 saturated heterocycles. The molecule has 3 heterocycles. The van der Waals surface area contributed by atoms with Gasteiger partial charge in [-0.2, -0.15) is 0 Å². The van der Waals surface area contributed by atoms with Crippen LogP contribution < -0.4 is 5.32 Å². The Morgan fingerprint density at radius 3 is 2.96 bits per heavy atom. The first-order valence-electron chi connectivity index (χ1n) is 8.03. The topological polar surface area (TPSA) is 65.5 Å². The van der Waals surface area contributed by atoms with Gasteiger partial charge in [-0.3, -0.25) is 14.5 Å². The zero-order valence-electron chi connectivity index (χ0n) is 14.2. The minimum absolute atomic E-state index is 0.0594. The molecule has 1 N–H and O–H groups in total. The summed E-state index contributed by atoms with van der Waals surface area (Å²) < 4.78 is 0. The molecule has 0 aliphatic carbocycles. The smallest absolute Gasteiger partial charge is 0.261 e. The summed E-state index contributed by atoms with van der Waals surface area (Å²) in [5, 5.41) is 3.80. The van der Waals surface area contributed by atoms with Gasteiger partial charge in [0.15, 0.2) is 0 Å². The number of likely N-dealkylation sites (tertiary alicyclic amines) is 1. The number of carbonyl (C=O) groups is 2. The van der Waals surface area contributed by atoms with Gasteiger partial charge in [0.05, 0.1) is 11.4 Å². The van der Waals surface area contributed by atoms with Gasteiger partial charge in [-0.1, -0.05) is 6.07 Å². The van der Waals surface area contributed by atoms with E-state index in [1.54, 1.807) is 32.2 Å². The molecule has 3 rings (SSSR count). The molecule has 2 aromatic rings. The monoisotopic (exact) mass is 346 g/mol. The van der Waals surface area contributed by atoms with Crippen molar-refractivity contribution < 1.29 is 9.59 Å². The van der Waals surface area contributed by atoms with Gasteiger partial charge in [-0.15, -0.1) is 11.3 Å². The second kappa shape index (κ2) is 6.86. The minimum Gasteiger partial charge on any atom is -0.354 e. The van der Waals surface area contributed by atoms with Crippen LogP contribution in [0.2, 0.25) is 0 Å². The van der Waals surface area contributed by atoms with Crippen LogP contribution in [0, 0.1) is 0 Å². The van der Waals surface area contributed by atoms with E-state index in [9.17, 15) is 9.59 Å². The molecule has 1 aliphatic heterocycles. The van der Waals surface area contributed by atoms with Gasteiger partial charge in [0.2, 0.25) is 5.91 Å². The van der Waals surface area contributed by atoms with E-state index < -0.39 is 0 Å². The summed E-state index contributed by atoms with van der Waals surface area (Å²) in [7, 11) is 5.20. The van der Waals surface area contributed by atoms with Crippen molar-refractivity contribution in [3.63, 3.8) is 0 Å². The average Bonchev–Trinajstić information content (AvgIpc) is 3.17. The Bertz CT molecular complexity index is 771. The molecule has 7 heteroatoms. The van der Waals surface area contributed by atoms with Crippen LogP contribution >= 0.6 is 11.3 Å². The van der Waals surface area contributed by atoms with Crippen LogP contribution in [0.4, 0.5) is 0 Å². The summed E-state index contributed by atoms with van der Waals surface area (Å²) in [5.74, 6) is 0.306. The number of hydrogen-bond acceptors (Lipinski definition) is 5. The first kappa shape index (κ1) is 16.9. The van der Waals surface area contributed by atoms with Crippen LogP contribution in [0.3, 0.4) is 0 Å². The standard InChI is InChI=1S/C17H22N4O2S/c1-18-16(23)15-14(12-5-4-7-19-17(12)24-15)11-6-8-21(9-11)10-13(22)20(2)3/h4-5,7,11H,6,8-10H2,1-3H3,(H,18,23)/t11-/m1/s1. The molecule has 0 spiro atoms. The third-order valence-electron chi connectivity index (χ3n) is 4.48. The number of fused-ring (bicyclic) bond motifs is 1. The number of likely N-dealkylation sites (N-methyl/N-ethyl adjacent to an activating group) is 1. The van der Waals surface area contributed by atoms with Crippen molar-refractivity contribution in [2.75, 3.05) is 40.8 Å². The molecule has 1 atom stereocenters. The van der Waals surface area contributed by atoms with Crippen LogP contribution in [0.15, 0.2) is 18.3 Å². The van der Waals surface area contributed by atoms with Crippen molar-refractivity contribution in [2.45, 2.75) is 12.3 Å². The van der Waals surface area contributed by atoms with Crippen molar-refractivity contribution in [3.8, 4) is 0 Å². The highest BCUT2D eigenvalue weighted by Crippen LogP contribution is 2.39. The molecule has 1 fully saturated rings. The number of nitrogens with one attached hydrogen (secondary N) is 1. The maximum absolute atomic E-state index is 12.3. The molecule has 24 heavy (non-hydrogen) atoms. The van der Waals surface area contributed by atoms with Crippen molar-refractivity contribution in [1.82, 2.24) is 20.1 Å². The second-order valence-electron chi connectivity index (χ2n) is 6.29. The Balaban J connectivity index is 1.89. The van der Waals surface area contributed by atoms with E-state index in [-0.39, 0.29) is 17.7 Å². The lowest BCUT2D eigenvalue weighted by Gasteiger charge is -2.18. The van der Waals surface area contributed by atoms with Crippen LogP contribution in [-0.4, -0.2) is 67.4 Å². The third kappa shape index (κ3) is 3.14. The highest BCUT2D eigenvalue weighted by atomic mass is 32.1. The van der Waals surface area contributed by atoms with Crippen molar-refractivity contribution in [1.29, 1.82) is 0 Å². The number of carbonyl (C=O) groups excluding carboxylic acids is 2. The molecular formula is C17H22N4O2S. The average molecular weight is 346 g/mol. The number of rotatable bonds is 4. The zero-order chi connectivity index (χ0) is 17.3. The SMILES string of the molecule is CNC(=O)c1sc2ncccc2c1[C@@H]1CCN(CC(=O)N(C)C)C1. The van der Waals surface area contributed by atoms with E-state index in [2.05, 4.69) is 15.2 Å². The van der Waals surface area contributed by atoms with Crippen molar-refractivity contribution in [2.24, 2.45) is 0 Å². The fraction of sp³-hybridized carbons (Fsp3) is 0.471. The first-order valence-corrected chi connectivity index (χ1v) is 8.85. The fourth-order valence-corrected chi connectivity index (χ4v) is 4.36. The second-order valence-corrected chi connectivity index (χ2v) is 7.29. The van der Waals surface area contributed by atoms with Gasteiger partial charge >= 0.3 is 0 Å². The Labute approximate surface area is 145 Å². The Kier molecular flexibility index (Phi) is 4.82. The van der Waals surface area contributed by atoms with Gasteiger partial charge in [0, 0.05) is 45.2 Å². The van der Waals surface area contributed by atoms with E-state index in [0.29, 0.717) is 6.54 Å². The molecule has 2 aromatic heterocycles. The minimum atomic E-state index is -0.0594. The summed E-state index contributed by atoms with van der Waals surface area (Å²) in [6, 6.07) is 3.95. The van der Waals surface area contributed by atoms with Crippen LogP contribution in [0.25, 0.3) is 10.2 Å². The van der Waals surface area contributed by atoms with Crippen molar-refractivity contribution in [3.05, 3.63) is 28.8 Å². The molecule has 0 saturated carbocycles. The highest BCUT2D eigenvalue weighted by Gasteiger charge is 2.31. The molecule has 6 nitrogen and oxygen atoms in total.